The van der Waals surface area contributed by atoms with Crippen LogP contribution in [-0.4, -0.2) is 33.3 Å². The number of carbonyl (C=O) groups is 2. The molecule has 9 heteroatoms. The lowest BCUT2D eigenvalue weighted by Crippen LogP contribution is -2.52. The Hall–Kier alpha value is -3.41. The van der Waals surface area contributed by atoms with E-state index in [2.05, 4.69) is 16.5 Å². The molecule has 0 radical (unpaired) electrons. The second-order valence-electron chi connectivity index (χ2n) is 7.07. The van der Waals surface area contributed by atoms with Gasteiger partial charge in [0.1, 0.15) is 12.1 Å². The molecule has 0 spiro atoms. The van der Waals surface area contributed by atoms with Crippen molar-refractivity contribution in [2.24, 2.45) is 0 Å². The Balaban J connectivity index is 1.59. The quantitative estimate of drug-likeness (QED) is 0.735. The van der Waals surface area contributed by atoms with Crippen molar-refractivity contribution in [2.45, 2.75) is 57.2 Å². The van der Waals surface area contributed by atoms with Gasteiger partial charge in [-0.25, -0.2) is 4.79 Å². The Bertz CT molecular complexity index is 967. The number of aromatic nitrogens is 2. The normalized spacial score (nSPS) is 16.4. The molecule has 1 aliphatic carbocycles. The fourth-order valence-corrected chi connectivity index (χ4v) is 3.27. The molecule has 0 saturated heterocycles. The summed E-state index contributed by atoms with van der Waals surface area (Å²) in [7, 11) is 0. The number of nitrogens with one attached hydrogen (secondary N) is 1. The van der Waals surface area contributed by atoms with Crippen molar-refractivity contribution >= 4 is 11.9 Å². The third-order valence-electron chi connectivity index (χ3n) is 4.87. The van der Waals surface area contributed by atoms with Gasteiger partial charge in [0.15, 0.2) is 6.10 Å². The smallest absolute Gasteiger partial charge is 0.437 e. The first-order valence-electron chi connectivity index (χ1n) is 9.48. The summed E-state index contributed by atoms with van der Waals surface area (Å²) >= 11 is 0. The lowest BCUT2D eigenvalue weighted by Gasteiger charge is -2.32. The molecule has 1 aliphatic rings. The number of esters is 1. The van der Waals surface area contributed by atoms with Crippen LogP contribution in [0.4, 0.5) is 0 Å². The number of amides is 1. The predicted molar refractivity (Wildman–Crippen MR) is 101 cm³/mol. The van der Waals surface area contributed by atoms with E-state index in [1.807, 2.05) is 6.07 Å². The van der Waals surface area contributed by atoms with Crippen molar-refractivity contribution < 1.29 is 18.7 Å². The second kappa shape index (κ2) is 8.73. The topological polar surface area (TPSA) is 127 Å². The number of nitrogens with zero attached hydrogens (tertiary/aromatic N) is 3. The van der Waals surface area contributed by atoms with Crippen molar-refractivity contribution in [3.05, 3.63) is 40.9 Å². The molecule has 0 unspecified atom stereocenters. The van der Waals surface area contributed by atoms with Gasteiger partial charge in [-0.2, -0.15) is 9.94 Å². The van der Waals surface area contributed by atoms with Crippen LogP contribution < -0.4 is 11.1 Å². The van der Waals surface area contributed by atoms with E-state index in [0.717, 1.165) is 23.9 Å². The van der Waals surface area contributed by atoms with Crippen molar-refractivity contribution in [3.63, 3.8) is 0 Å². The first kappa shape index (κ1) is 20.3. The van der Waals surface area contributed by atoms with E-state index < -0.39 is 35.8 Å². The van der Waals surface area contributed by atoms with Gasteiger partial charge >= 0.3 is 11.7 Å². The minimum atomic E-state index is -1.11. The molecule has 29 heavy (non-hydrogen) atoms. The number of nitriles is 1. The summed E-state index contributed by atoms with van der Waals surface area (Å²) in [6, 6.07) is 11.0. The second-order valence-corrected chi connectivity index (χ2v) is 7.07. The van der Waals surface area contributed by atoms with E-state index in [0.29, 0.717) is 18.4 Å². The number of hydrogen-bond donors (Lipinski definition) is 1. The van der Waals surface area contributed by atoms with Crippen molar-refractivity contribution in [1.82, 2.24) is 15.1 Å². The Kier molecular flexibility index (Phi) is 6.12. The third kappa shape index (κ3) is 4.90. The van der Waals surface area contributed by atoms with Crippen LogP contribution in [0.5, 0.6) is 0 Å². The van der Waals surface area contributed by atoms with Crippen molar-refractivity contribution in [3.8, 4) is 17.5 Å². The highest BCUT2D eigenvalue weighted by atomic mass is 16.5. The molecule has 1 amide bonds. The highest BCUT2D eigenvalue weighted by molar-refractivity contribution is 5.84. The minimum absolute atomic E-state index is 0.0856. The lowest BCUT2D eigenvalue weighted by molar-refractivity contribution is -0.156. The van der Waals surface area contributed by atoms with E-state index in [-0.39, 0.29) is 5.89 Å². The van der Waals surface area contributed by atoms with Crippen LogP contribution in [0.3, 0.4) is 0 Å². The van der Waals surface area contributed by atoms with Crippen LogP contribution in [0.15, 0.2) is 39.5 Å². The average molecular weight is 398 g/mol. The molecule has 152 valence electrons. The minimum Gasteiger partial charge on any atom is -0.451 e. The van der Waals surface area contributed by atoms with Crippen molar-refractivity contribution in [2.75, 3.05) is 0 Å². The number of rotatable bonds is 6. The van der Waals surface area contributed by atoms with Gasteiger partial charge in [0, 0.05) is 5.56 Å². The average Bonchev–Trinajstić information content (AvgIpc) is 3.09. The maximum absolute atomic E-state index is 12.4. The van der Waals surface area contributed by atoms with Gasteiger partial charge < -0.3 is 14.5 Å². The number of hydrogen-bond acceptors (Lipinski definition) is 7. The maximum atomic E-state index is 12.4. The SMILES string of the molecule is C[C@@H](OC(=O)Cn1nc(-c2ccccc2)oc1=O)C(=O)NC1(C#N)CCCCC1. The molecule has 0 aliphatic heterocycles. The molecule has 1 N–H and O–H groups in total. The number of benzene rings is 1. The van der Waals surface area contributed by atoms with Crippen LogP contribution in [0.2, 0.25) is 0 Å². The van der Waals surface area contributed by atoms with Gasteiger partial charge in [-0.3, -0.25) is 9.59 Å². The highest BCUT2D eigenvalue weighted by Gasteiger charge is 2.35. The molecule has 9 nitrogen and oxygen atoms in total. The fraction of sp³-hybridized carbons (Fsp3) is 0.450. The summed E-state index contributed by atoms with van der Waals surface area (Å²) in [6.07, 6.45) is 2.80. The monoisotopic (exact) mass is 398 g/mol. The third-order valence-corrected chi connectivity index (χ3v) is 4.87. The Morgan fingerprint density at radius 1 is 1.31 bits per heavy atom. The molecular weight excluding hydrogens is 376 g/mol. The molecule has 1 aromatic heterocycles. The summed E-state index contributed by atoms with van der Waals surface area (Å²) in [5, 5.41) is 16.1. The summed E-state index contributed by atoms with van der Waals surface area (Å²) in [4.78, 5) is 36.5. The van der Waals surface area contributed by atoms with E-state index >= 15 is 0 Å². The molecule has 1 saturated carbocycles. The van der Waals surface area contributed by atoms with E-state index in [1.165, 1.54) is 6.92 Å². The van der Waals surface area contributed by atoms with Gasteiger partial charge in [-0.1, -0.05) is 37.5 Å². The Labute approximate surface area is 167 Å². The molecule has 0 bridgehead atoms. The number of ether oxygens (including phenoxy) is 1. The van der Waals surface area contributed by atoms with Crippen LogP contribution in [0.25, 0.3) is 11.5 Å². The van der Waals surface area contributed by atoms with Gasteiger partial charge in [-0.05, 0) is 31.9 Å². The van der Waals surface area contributed by atoms with Crippen molar-refractivity contribution in [1.29, 1.82) is 5.26 Å². The zero-order valence-corrected chi connectivity index (χ0v) is 16.1. The zero-order valence-electron chi connectivity index (χ0n) is 16.1. The van der Waals surface area contributed by atoms with Crippen LogP contribution in [-0.2, 0) is 20.9 Å². The van der Waals surface area contributed by atoms with Gasteiger partial charge in [-0.15, -0.1) is 5.10 Å². The first-order valence-corrected chi connectivity index (χ1v) is 9.48. The highest BCUT2D eigenvalue weighted by Crippen LogP contribution is 2.27. The van der Waals surface area contributed by atoms with Gasteiger partial charge in [0.05, 0.1) is 6.07 Å². The first-order chi connectivity index (χ1) is 13.9. The standard InChI is InChI=1S/C20H22N4O5/c1-14(17(26)22-20(13-21)10-6-3-7-11-20)28-16(25)12-24-19(27)29-18(23-24)15-8-4-2-5-9-15/h2,4-5,8-9,14H,3,6-7,10-12H2,1H3,(H,22,26)/t14-/m1/s1. The Morgan fingerprint density at radius 2 is 2.00 bits per heavy atom. The van der Waals surface area contributed by atoms with Crippen LogP contribution in [0, 0.1) is 11.3 Å². The number of carbonyl (C=O) groups excluding carboxylic acids is 2. The summed E-state index contributed by atoms with van der Waals surface area (Å²) in [5.74, 6) is -2.07. The lowest BCUT2D eigenvalue weighted by atomic mass is 9.83. The van der Waals surface area contributed by atoms with Crippen LogP contribution in [0.1, 0.15) is 39.0 Å². The van der Waals surface area contributed by atoms with Gasteiger partial charge in [0.2, 0.25) is 5.89 Å². The molecular formula is C20H22N4O5. The summed E-state index contributed by atoms with van der Waals surface area (Å²) < 4.78 is 11.0. The summed E-state index contributed by atoms with van der Waals surface area (Å²) in [5.41, 5.74) is -0.317. The largest absolute Gasteiger partial charge is 0.451 e. The van der Waals surface area contributed by atoms with E-state index in [1.54, 1.807) is 24.3 Å². The molecule has 1 fully saturated rings. The molecule has 1 atom stereocenters. The maximum Gasteiger partial charge on any atom is 0.437 e. The zero-order chi connectivity index (χ0) is 20.9. The molecule has 1 heterocycles. The summed E-state index contributed by atoms with van der Waals surface area (Å²) in [6.45, 7) is 0.929. The molecule has 1 aromatic carbocycles. The van der Waals surface area contributed by atoms with E-state index in [9.17, 15) is 19.6 Å². The molecule has 2 aromatic rings. The van der Waals surface area contributed by atoms with E-state index in [4.69, 9.17) is 9.15 Å². The van der Waals surface area contributed by atoms with Gasteiger partial charge in [0.25, 0.3) is 5.91 Å². The molecule has 3 rings (SSSR count). The fourth-order valence-electron chi connectivity index (χ4n) is 3.27. The van der Waals surface area contributed by atoms with Crippen LogP contribution >= 0.6 is 0 Å². The Morgan fingerprint density at radius 3 is 2.66 bits per heavy atom. The predicted octanol–water partition coefficient (Wildman–Crippen LogP) is 1.78.